The number of amides is 1. The lowest BCUT2D eigenvalue weighted by Gasteiger charge is -2.27. The number of carbonyl (C=O) groups excluding carboxylic acids is 1. The highest BCUT2D eigenvalue weighted by Gasteiger charge is 2.25. The van der Waals surface area contributed by atoms with Crippen LogP contribution in [0.4, 0.5) is 0 Å². The molecule has 92 valence electrons. The third-order valence-corrected chi connectivity index (χ3v) is 3.99. The van der Waals surface area contributed by atoms with Crippen molar-refractivity contribution in [1.82, 2.24) is 4.90 Å². The van der Waals surface area contributed by atoms with Crippen molar-refractivity contribution in [2.24, 2.45) is 0 Å². The molecule has 1 aromatic rings. The maximum absolute atomic E-state index is 12.4. The Hall–Kier alpha value is -0.830. The molecule has 0 saturated heterocycles. The molecule has 1 aliphatic carbocycles. The van der Waals surface area contributed by atoms with Crippen LogP contribution in [-0.4, -0.2) is 23.4 Å². The Labute approximate surface area is 111 Å². The van der Waals surface area contributed by atoms with Crippen molar-refractivity contribution >= 4 is 21.8 Å². The van der Waals surface area contributed by atoms with Gasteiger partial charge in [0.25, 0.3) is 5.91 Å². The van der Waals surface area contributed by atoms with Gasteiger partial charge in [-0.1, -0.05) is 28.8 Å². The minimum absolute atomic E-state index is 0.173. The van der Waals surface area contributed by atoms with Gasteiger partial charge in [0.05, 0.1) is 0 Å². The Bertz CT molecular complexity index is 382. The number of carbonyl (C=O) groups is 1. The van der Waals surface area contributed by atoms with Gasteiger partial charge in [0, 0.05) is 22.6 Å². The summed E-state index contributed by atoms with van der Waals surface area (Å²) < 4.78 is 1.01. The smallest absolute Gasteiger partial charge is 0.254 e. The van der Waals surface area contributed by atoms with Gasteiger partial charge in [-0.05, 0) is 44.0 Å². The molecule has 0 unspecified atom stereocenters. The first-order valence-corrected chi connectivity index (χ1v) is 7.08. The van der Waals surface area contributed by atoms with Crippen molar-refractivity contribution in [3.63, 3.8) is 0 Å². The first-order valence-electron chi connectivity index (χ1n) is 6.29. The number of benzene rings is 1. The largest absolute Gasteiger partial charge is 0.336 e. The highest BCUT2D eigenvalue weighted by atomic mass is 79.9. The normalized spacial score (nSPS) is 16.1. The van der Waals surface area contributed by atoms with Crippen LogP contribution >= 0.6 is 15.9 Å². The predicted octanol–water partition coefficient (Wildman–Crippen LogP) is 3.85. The molecule has 1 aromatic carbocycles. The van der Waals surface area contributed by atoms with Crippen LogP contribution < -0.4 is 0 Å². The molecule has 0 radical (unpaired) electrons. The minimum atomic E-state index is 0.173. The van der Waals surface area contributed by atoms with Crippen LogP contribution in [0.15, 0.2) is 28.7 Å². The molecule has 0 N–H and O–H groups in total. The lowest BCUT2D eigenvalue weighted by molar-refractivity contribution is 0.0693. The van der Waals surface area contributed by atoms with Crippen molar-refractivity contribution in [3.05, 3.63) is 34.3 Å². The predicted molar refractivity (Wildman–Crippen MR) is 73.1 cm³/mol. The van der Waals surface area contributed by atoms with Crippen LogP contribution in [0.1, 0.15) is 43.0 Å². The van der Waals surface area contributed by atoms with Gasteiger partial charge in [-0.2, -0.15) is 0 Å². The summed E-state index contributed by atoms with van der Waals surface area (Å²) in [6.07, 6.45) is 4.84. The maximum atomic E-state index is 12.4. The van der Waals surface area contributed by atoms with Crippen LogP contribution in [-0.2, 0) is 0 Å². The van der Waals surface area contributed by atoms with E-state index < -0.39 is 0 Å². The van der Waals surface area contributed by atoms with Crippen molar-refractivity contribution < 1.29 is 4.79 Å². The third-order valence-electron chi connectivity index (χ3n) is 3.46. The van der Waals surface area contributed by atoms with Gasteiger partial charge in [-0.25, -0.2) is 0 Å². The van der Waals surface area contributed by atoms with Crippen molar-refractivity contribution in [1.29, 1.82) is 0 Å². The molecule has 0 aromatic heterocycles. The first-order chi connectivity index (χ1) is 8.22. The lowest BCUT2D eigenvalue weighted by Crippen LogP contribution is -2.38. The van der Waals surface area contributed by atoms with Gasteiger partial charge in [0.2, 0.25) is 0 Å². The van der Waals surface area contributed by atoms with Gasteiger partial charge in [-0.3, -0.25) is 4.79 Å². The summed E-state index contributed by atoms with van der Waals surface area (Å²) in [6.45, 7) is 2.87. The summed E-state index contributed by atoms with van der Waals surface area (Å²) in [5.41, 5.74) is 0.793. The fourth-order valence-electron chi connectivity index (χ4n) is 2.54. The number of hydrogen-bond acceptors (Lipinski definition) is 1. The molecule has 2 rings (SSSR count). The molecule has 0 heterocycles. The second-order valence-corrected chi connectivity index (χ2v) is 5.45. The van der Waals surface area contributed by atoms with E-state index in [2.05, 4.69) is 22.9 Å². The molecule has 1 aliphatic rings. The highest BCUT2D eigenvalue weighted by Crippen LogP contribution is 2.25. The van der Waals surface area contributed by atoms with Gasteiger partial charge >= 0.3 is 0 Å². The molecule has 3 heteroatoms. The molecule has 0 spiro atoms. The second kappa shape index (κ2) is 5.67. The minimum Gasteiger partial charge on any atom is -0.336 e. The Morgan fingerprint density at radius 2 is 1.88 bits per heavy atom. The number of halogens is 1. The van der Waals surface area contributed by atoms with Crippen LogP contribution in [0.5, 0.6) is 0 Å². The van der Waals surface area contributed by atoms with Gasteiger partial charge in [-0.15, -0.1) is 0 Å². The van der Waals surface area contributed by atoms with E-state index in [0.29, 0.717) is 6.04 Å². The van der Waals surface area contributed by atoms with Gasteiger partial charge in [0.15, 0.2) is 0 Å². The molecular formula is C14H18BrNO. The van der Waals surface area contributed by atoms with E-state index in [9.17, 15) is 4.79 Å². The zero-order valence-corrected chi connectivity index (χ0v) is 11.7. The number of rotatable bonds is 3. The summed E-state index contributed by atoms with van der Waals surface area (Å²) >= 11 is 3.39. The van der Waals surface area contributed by atoms with E-state index in [0.717, 1.165) is 29.4 Å². The zero-order chi connectivity index (χ0) is 12.3. The SMILES string of the molecule is CCN(C(=O)c1ccc(Br)cc1)C1CCCC1. The van der Waals surface area contributed by atoms with Crippen molar-refractivity contribution in [3.8, 4) is 0 Å². The Kier molecular flexibility index (Phi) is 4.21. The standard InChI is InChI=1S/C14H18BrNO/c1-2-16(13-5-3-4-6-13)14(17)11-7-9-12(15)10-8-11/h7-10,13H,2-6H2,1H3. The fourth-order valence-corrected chi connectivity index (χ4v) is 2.81. The molecule has 1 amide bonds. The van der Waals surface area contributed by atoms with Gasteiger partial charge < -0.3 is 4.90 Å². The van der Waals surface area contributed by atoms with Gasteiger partial charge in [0.1, 0.15) is 0 Å². The second-order valence-electron chi connectivity index (χ2n) is 4.54. The molecule has 1 fully saturated rings. The van der Waals surface area contributed by atoms with Crippen LogP contribution in [0.3, 0.4) is 0 Å². The van der Waals surface area contributed by atoms with E-state index in [1.165, 1.54) is 12.8 Å². The molecule has 0 atom stereocenters. The number of nitrogens with zero attached hydrogens (tertiary/aromatic N) is 1. The summed E-state index contributed by atoms with van der Waals surface area (Å²) in [5, 5.41) is 0. The van der Waals surface area contributed by atoms with E-state index in [1.54, 1.807) is 0 Å². The first kappa shape index (κ1) is 12.6. The number of hydrogen-bond donors (Lipinski definition) is 0. The van der Waals surface area contributed by atoms with Crippen LogP contribution in [0, 0.1) is 0 Å². The zero-order valence-electron chi connectivity index (χ0n) is 10.2. The summed E-state index contributed by atoms with van der Waals surface area (Å²) in [7, 11) is 0. The molecule has 1 saturated carbocycles. The van der Waals surface area contributed by atoms with E-state index in [-0.39, 0.29) is 5.91 Å². The van der Waals surface area contributed by atoms with E-state index >= 15 is 0 Å². The summed E-state index contributed by atoms with van der Waals surface area (Å²) in [6, 6.07) is 8.09. The van der Waals surface area contributed by atoms with Crippen LogP contribution in [0.25, 0.3) is 0 Å². The summed E-state index contributed by atoms with van der Waals surface area (Å²) in [5.74, 6) is 0.173. The van der Waals surface area contributed by atoms with E-state index in [4.69, 9.17) is 0 Å². The molecule has 0 bridgehead atoms. The highest BCUT2D eigenvalue weighted by molar-refractivity contribution is 9.10. The Morgan fingerprint density at radius 3 is 2.41 bits per heavy atom. The maximum Gasteiger partial charge on any atom is 0.254 e. The molecular weight excluding hydrogens is 278 g/mol. The summed E-state index contributed by atoms with van der Waals surface area (Å²) in [4.78, 5) is 14.4. The monoisotopic (exact) mass is 295 g/mol. The quantitative estimate of drug-likeness (QED) is 0.829. The topological polar surface area (TPSA) is 20.3 Å². The average Bonchev–Trinajstić information content (AvgIpc) is 2.84. The average molecular weight is 296 g/mol. The van der Waals surface area contributed by atoms with E-state index in [1.807, 2.05) is 29.2 Å². The fraction of sp³-hybridized carbons (Fsp3) is 0.500. The molecule has 0 aliphatic heterocycles. The molecule has 17 heavy (non-hydrogen) atoms. The van der Waals surface area contributed by atoms with Crippen molar-refractivity contribution in [2.45, 2.75) is 38.6 Å². The lowest BCUT2D eigenvalue weighted by atomic mass is 10.1. The van der Waals surface area contributed by atoms with Crippen molar-refractivity contribution in [2.75, 3.05) is 6.54 Å². The molecule has 2 nitrogen and oxygen atoms in total. The van der Waals surface area contributed by atoms with Crippen LogP contribution in [0.2, 0.25) is 0 Å². The Balaban J connectivity index is 2.13. The Morgan fingerprint density at radius 1 is 1.29 bits per heavy atom. The third kappa shape index (κ3) is 2.89.